The molecule has 1 spiro atoms. The number of carbonyl (C=O) groups is 1. The lowest BCUT2D eigenvalue weighted by atomic mass is 9.80. The number of likely N-dealkylation sites (tertiary alicyclic amines) is 1. The van der Waals surface area contributed by atoms with E-state index in [1.807, 2.05) is 20.8 Å². The van der Waals surface area contributed by atoms with Gasteiger partial charge in [-0.25, -0.2) is 0 Å². The zero-order chi connectivity index (χ0) is 14.5. The van der Waals surface area contributed by atoms with Crippen LogP contribution in [0, 0.1) is 5.41 Å². The molecule has 2 nitrogen and oxygen atoms in total. The molecule has 0 aromatic heterocycles. The van der Waals surface area contributed by atoms with E-state index in [1.165, 1.54) is 12.2 Å². The van der Waals surface area contributed by atoms with Crippen molar-refractivity contribution in [2.24, 2.45) is 5.41 Å². The van der Waals surface area contributed by atoms with Crippen molar-refractivity contribution in [1.82, 2.24) is 4.90 Å². The van der Waals surface area contributed by atoms with Gasteiger partial charge in [-0.05, 0) is 27.2 Å². The number of nitrogens with zero attached hydrogens (tertiary/aromatic N) is 1. The number of halogens is 3. The van der Waals surface area contributed by atoms with E-state index >= 15 is 0 Å². The second kappa shape index (κ2) is 4.12. The number of carbonyl (C=O) groups excluding carboxylic acids is 1. The fraction of sp³-hybridized carbons (Fsp3) is 0.643. The van der Waals surface area contributed by atoms with Gasteiger partial charge in [0.15, 0.2) is 0 Å². The van der Waals surface area contributed by atoms with Crippen LogP contribution in [-0.2, 0) is 4.79 Å². The van der Waals surface area contributed by atoms with Crippen LogP contribution in [0.3, 0.4) is 0 Å². The monoisotopic (exact) mass is 273 g/mol. The molecule has 1 saturated heterocycles. The summed E-state index contributed by atoms with van der Waals surface area (Å²) in [6, 6.07) is 0. The van der Waals surface area contributed by atoms with Gasteiger partial charge < -0.3 is 4.90 Å². The molecule has 1 heterocycles. The average Bonchev–Trinajstić information content (AvgIpc) is 2.54. The van der Waals surface area contributed by atoms with Crippen LogP contribution < -0.4 is 0 Å². The first-order valence-corrected chi connectivity index (χ1v) is 6.31. The fourth-order valence-electron chi connectivity index (χ4n) is 2.71. The molecule has 0 saturated carbocycles. The molecular weight excluding hydrogens is 255 g/mol. The van der Waals surface area contributed by atoms with E-state index in [-0.39, 0.29) is 24.3 Å². The highest BCUT2D eigenvalue weighted by Gasteiger charge is 2.47. The maximum atomic E-state index is 12.8. The quantitative estimate of drug-likeness (QED) is 0.619. The van der Waals surface area contributed by atoms with E-state index in [0.717, 1.165) is 0 Å². The Balaban J connectivity index is 2.31. The summed E-state index contributed by atoms with van der Waals surface area (Å²) in [5.41, 5.74) is -1.69. The van der Waals surface area contributed by atoms with Gasteiger partial charge in [0.1, 0.15) is 0 Å². The first-order valence-electron chi connectivity index (χ1n) is 6.31. The first kappa shape index (κ1) is 14.2. The van der Waals surface area contributed by atoms with Crippen molar-refractivity contribution in [2.75, 3.05) is 6.54 Å². The molecule has 0 bridgehead atoms. The van der Waals surface area contributed by atoms with Crippen molar-refractivity contribution in [3.05, 3.63) is 23.8 Å². The van der Waals surface area contributed by atoms with Gasteiger partial charge in [0, 0.05) is 29.5 Å². The van der Waals surface area contributed by atoms with Crippen molar-refractivity contribution in [2.45, 2.75) is 45.3 Å². The normalized spacial score (nSPS) is 28.2. The predicted octanol–water partition coefficient (Wildman–Crippen LogP) is 3.45. The molecule has 106 valence electrons. The summed E-state index contributed by atoms with van der Waals surface area (Å²) < 4.78 is 38.4. The van der Waals surface area contributed by atoms with Crippen molar-refractivity contribution in [3.8, 4) is 0 Å². The molecule has 19 heavy (non-hydrogen) atoms. The number of alkyl halides is 3. The third kappa shape index (κ3) is 2.69. The molecule has 1 amide bonds. The minimum Gasteiger partial charge on any atom is -0.337 e. The lowest BCUT2D eigenvalue weighted by Gasteiger charge is -2.34. The minimum atomic E-state index is -4.31. The van der Waals surface area contributed by atoms with Gasteiger partial charge >= 0.3 is 6.18 Å². The lowest BCUT2D eigenvalue weighted by molar-refractivity contribution is -0.131. The number of rotatable bonds is 0. The van der Waals surface area contributed by atoms with Gasteiger partial charge in [-0.1, -0.05) is 18.2 Å². The molecule has 2 aliphatic rings. The summed E-state index contributed by atoms with van der Waals surface area (Å²) >= 11 is 0. The molecule has 1 aliphatic carbocycles. The molecule has 0 N–H and O–H groups in total. The van der Waals surface area contributed by atoms with Crippen LogP contribution in [0.15, 0.2) is 23.8 Å². The summed E-state index contributed by atoms with van der Waals surface area (Å²) in [7, 11) is 0. The fourth-order valence-corrected chi connectivity index (χ4v) is 2.71. The van der Waals surface area contributed by atoms with Crippen LogP contribution in [-0.4, -0.2) is 29.1 Å². The Morgan fingerprint density at radius 2 is 1.89 bits per heavy atom. The number of amides is 1. The highest BCUT2D eigenvalue weighted by Crippen LogP contribution is 2.44. The van der Waals surface area contributed by atoms with Crippen molar-refractivity contribution >= 4 is 5.91 Å². The Labute approximate surface area is 111 Å². The summed E-state index contributed by atoms with van der Waals surface area (Å²) in [6.45, 7) is 6.01. The molecule has 1 fully saturated rings. The Morgan fingerprint density at radius 1 is 1.26 bits per heavy atom. The van der Waals surface area contributed by atoms with E-state index < -0.39 is 17.2 Å². The molecule has 0 aromatic carbocycles. The van der Waals surface area contributed by atoms with Gasteiger partial charge in [-0.2, -0.15) is 13.2 Å². The van der Waals surface area contributed by atoms with Gasteiger partial charge in [0.2, 0.25) is 5.91 Å². The topological polar surface area (TPSA) is 20.3 Å². The number of hydrogen-bond donors (Lipinski definition) is 0. The van der Waals surface area contributed by atoms with Crippen LogP contribution >= 0.6 is 0 Å². The maximum Gasteiger partial charge on any atom is 0.412 e. The SMILES string of the molecule is CC(C)(C)N1CC2(C=CCC(C(F)(F)F)=C2)CC1=O. The van der Waals surface area contributed by atoms with Crippen molar-refractivity contribution in [3.63, 3.8) is 0 Å². The molecule has 1 aliphatic heterocycles. The highest BCUT2D eigenvalue weighted by atomic mass is 19.4. The van der Waals surface area contributed by atoms with Crippen LogP contribution in [0.2, 0.25) is 0 Å². The summed E-state index contributed by atoms with van der Waals surface area (Å²) in [6.07, 6.45) is 0.246. The first-order chi connectivity index (χ1) is 8.54. The summed E-state index contributed by atoms with van der Waals surface area (Å²) in [5.74, 6) is -0.0863. The number of hydrogen-bond acceptors (Lipinski definition) is 1. The Bertz CT molecular complexity index is 456. The Hall–Kier alpha value is -1.26. The van der Waals surface area contributed by atoms with E-state index in [9.17, 15) is 18.0 Å². The molecular formula is C14H18F3NO. The van der Waals surface area contributed by atoms with E-state index in [1.54, 1.807) is 11.0 Å². The average molecular weight is 273 g/mol. The Kier molecular flexibility index (Phi) is 3.07. The molecule has 1 unspecified atom stereocenters. The standard InChI is InChI=1S/C14H18F3NO/c1-12(2,3)18-9-13(8-11(18)19)6-4-5-10(7-13)14(15,16)17/h4,6-7H,5,8-9H2,1-3H3. The zero-order valence-corrected chi connectivity index (χ0v) is 11.3. The third-order valence-electron chi connectivity index (χ3n) is 3.66. The van der Waals surface area contributed by atoms with Gasteiger partial charge in [0.25, 0.3) is 0 Å². The molecule has 2 rings (SSSR count). The predicted molar refractivity (Wildman–Crippen MR) is 66.4 cm³/mol. The molecule has 0 radical (unpaired) electrons. The highest BCUT2D eigenvalue weighted by molar-refractivity contribution is 5.81. The molecule has 1 atom stereocenters. The zero-order valence-electron chi connectivity index (χ0n) is 11.3. The third-order valence-corrected chi connectivity index (χ3v) is 3.66. The van der Waals surface area contributed by atoms with E-state index in [4.69, 9.17) is 0 Å². The van der Waals surface area contributed by atoms with Crippen LogP contribution in [0.1, 0.15) is 33.6 Å². The van der Waals surface area contributed by atoms with Gasteiger partial charge in [0.05, 0.1) is 0 Å². The van der Waals surface area contributed by atoms with E-state index in [2.05, 4.69) is 0 Å². The minimum absolute atomic E-state index is 0.0863. The van der Waals surface area contributed by atoms with E-state index in [0.29, 0.717) is 6.54 Å². The van der Waals surface area contributed by atoms with Crippen LogP contribution in [0.25, 0.3) is 0 Å². The second-order valence-electron chi connectivity index (χ2n) is 6.33. The maximum absolute atomic E-state index is 12.8. The summed E-state index contributed by atoms with van der Waals surface area (Å²) in [4.78, 5) is 13.7. The molecule has 5 heteroatoms. The molecule has 0 aromatic rings. The van der Waals surface area contributed by atoms with Crippen molar-refractivity contribution in [1.29, 1.82) is 0 Å². The van der Waals surface area contributed by atoms with Gasteiger partial charge in [-0.3, -0.25) is 4.79 Å². The largest absolute Gasteiger partial charge is 0.412 e. The van der Waals surface area contributed by atoms with Crippen LogP contribution in [0.5, 0.6) is 0 Å². The Morgan fingerprint density at radius 3 is 2.37 bits per heavy atom. The second-order valence-corrected chi connectivity index (χ2v) is 6.33. The lowest BCUT2D eigenvalue weighted by Crippen LogP contribution is -2.43. The smallest absolute Gasteiger partial charge is 0.337 e. The van der Waals surface area contributed by atoms with Crippen molar-refractivity contribution < 1.29 is 18.0 Å². The number of allylic oxidation sites excluding steroid dienone is 2. The summed E-state index contributed by atoms with van der Waals surface area (Å²) in [5, 5.41) is 0. The van der Waals surface area contributed by atoms with Crippen LogP contribution in [0.4, 0.5) is 13.2 Å². The van der Waals surface area contributed by atoms with Gasteiger partial charge in [-0.15, -0.1) is 0 Å².